The molecule has 1 heterocycles. The molecule has 1 aromatic heterocycles. The first-order valence-electron chi connectivity index (χ1n) is 7.71. The topological polar surface area (TPSA) is 81.1 Å². The van der Waals surface area contributed by atoms with Gasteiger partial charge in [-0.25, -0.2) is 13.1 Å². The molecule has 0 aliphatic carbocycles. The number of hydrogen-bond donors (Lipinski definition) is 1. The Morgan fingerprint density at radius 3 is 2.58 bits per heavy atom. The second-order valence-electron chi connectivity index (χ2n) is 5.75. The molecule has 0 aliphatic rings. The number of carbonyl (C=O) groups is 1. The molecule has 0 aliphatic heterocycles. The predicted octanol–water partition coefficient (Wildman–Crippen LogP) is 3.35. The Morgan fingerprint density at radius 1 is 1.15 bits per heavy atom. The van der Waals surface area contributed by atoms with Crippen molar-refractivity contribution in [2.24, 2.45) is 0 Å². The van der Waals surface area contributed by atoms with Gasteiger partial charge in [0.1, 0.15) is 5.82 Å². The molecule has 0 bridgehead atoms. The molecule has 8 heteroatoms. The van der Waals surface area contributed by atoms with Gasteiger partial charge in [0, 0.05) is 22.4 Å². The fraction of sp³-hybridized carbons (Fsp3) is 0.111. The van der Waals surface area contributed by atoms with Crippen molar-refractivity contribution in [2.45, 2.75) is 11.4 Å². The zero-order chi connectivity index (χ0) is 18.7. The van der Waals surface area contributed by atoms with E-state index in [4.69, 9.17) is 0 Å². The van der Waals surface area contributed by atoms with Gasteiger partial charge < -0.3 is 5.32 Å². The SMILES string of the molecule is CS(=O)(=O)c1cccc(C(=O)Nc2ccnn2Cc2ccc(Br)cc2)c1. The zero-order valence-electron chi connectivity index (χ0n) is 13.9. The highest BCUT2D eigenvalue weighted by Crippen LogP contribution is 2.16. The summed E-state index contributed by atoms with van der Waals surface area (Å²) in [7, 11) is -3.37. The molecule has 0 spiro atoms. The quantitative estimate of drug-likeness (QED) is 0.668. The molecule has 26 heavy (non-hydrogen) atoms. The normalized spacial score (nSPS) is 11.3. The van der Waals surface area contributed by atoms with E-state index in [-0.39, 0.29) is 10.5 Å². The molecule has 0 radical (unpaired) electrons. The van der Waals surface area contributed by atoms with Gasteiger partial charge in [-0.3, -0.25) is 4.79 Å². The smallest absolute Gasteiger partial charge is 0.256 e. The molecule has 0 saturated heterocycles. The first kappa shape index (κ1) is 18.3. The van der Waals surface area contributed by atoms with Crippen molar-refractivity contribution in [3.05, 3.63) is 76.4 Å². The lowest BCUT2D eigenvalue weighted by Gasteiger charge is -2.10. The van der Waals surface area contributed by atoms with E-state index in [1.54, 1.807) is 29.1 Å². The minimum atomic E-state index is -3.37. The maximum Gasteiger partial charge on any atom is 0.256 e. The van der Waals surface area contributed by atoms with E-state index in [2.05, 4.69) is 26.3 Å². The average Bonchev–Trinajstić information content (AvgIpc) is 3.03. The molecular weight excluding hydrogens is 418 g/mol. The van der Waals surface area contributed by atoms with Crippen molar-refractivity contribution >= 4 is 37.5 Å². The number of sulfone groups is 1. The molecule has 2 aromatic carbocycles. The van der Waals surface area contributed by atoms with Crippen LogP contribution in [0.2, 0.25) is 0 Å². The lowest BCUT2D eigenvalue weighted by molar-refractivity contribution is 0.102. The van der Waals surface area contributed by atoms with Crippen molar-refractivity contribution in [2.75, 3.05) is 11.6 Å². The van der Waals surface area contributed by atoms with Crippen LogP contribution in [-0.2, 0) is 16.4 Å². The van der Waals surface area contributed by atoms with Crippen LogP contribution in [0.1, 0.15) is 15.9 Å². The molecule has 1 N–H and O–H groups in total. The third-order valence-electron chi connectivity index (χ3n) is 3.73. The third kappa shape index (κ3) is 4.39. The van der Waals surface area contributed by atoms with Gasteiger partial charge in [-0.2, -0.15) is 5.10 Å². The molecule has 0 unspecified atom stereocenters. The zero-order valence-corrected chi connectivity index (χ0v) is 16.3. The van der Waals surface area contributed by atoms with Gasteiger partial charge in [0.25, 0.3) is 5.91 Å². The van der Waals surface area contributed by atoms with Crippen LogP contribution in [0.5, 0.6) is 0 Å². The number of nitrogens with one attached hydrogen (secondary N) is 1. The van der Waals surface area contributed by atoms with Gasteiger partial charge in [0.15, 0.2) is 9.84 Å². The molecule has 1 amide bonds. The van der Waals surface area contributed by atoms with Crippen LogP contribution >= 0.6 is 15.9 Å². The largest absolute Gasteiger partial charge is 0.307 e. The number of halogens is 1. The monoisotopic (exact) mass is 433 g/mol. The van der Waals surface area contributed by atoms with Crippen LogP contribution in [0.4, 0.5) is 5.82 Å². The number of carbonyl (C=O) groups excluding carboxylic acids is 1. The van der Waals surface area contributed by atoms with Crippen LogP contribution in [0, 0.1) is 0 Å². The van der Waals surface area contributed by atoms with Crippen LogP contribution in [0.15, 0.2) is 70.2 Å². The lowest BCUT2D eigenvalue weighted by Crippen LogP contribution is -2.16. The van der Waals surface area contributed by atoms with Crippen LogP contribution in [0.3, 0.4) is 0 Å². The van der Waals surface area contributed by atoms with E-state index in [1.165, 1.54) is 12.1 Å². The molecule has 3 rings (SSSR count). The minimum absolute atomic E-state index is 0.105. The Hall–Kier alpha value is -2.45. The molecule has 0 saturated carbocycles. The Balaban J connectivity index is 1.79. The Bertz CT molecular complexity index is 1040. The number of amides is 1. The summed E-state index contributed by atoms with van der Waals surface area (Å²) in [6.07, 6.45) is 2.71. The Kier molecular flexibility index (Phi) is 5.24. The molecule has 3 aromatic rings. The van der Waals surface area contributed by atoms with Gasteiger partial charge in [-0.05, 0) is 35.9 Å². The van der Waals surface area contributed by atoms with E-state index < -0.39 is 15.7 Å². The van der Waals surface area contributed by atoms with E-state index >= 15 is 0 Å². The summed E-state index contributed by atoms with van der Waals surface area (Å²) in [5.41, 5.74) is 1.30. The maximum atomic E-state index is 12.5. The number of nitrogens with zero attached hydrogens (tertiary/aromatic N) is 2. The van der Waals surface area contributed by atoms with Gasteiger partial charge in [0.2, 0.25) is 0 Å². The molecule has 134 valence electrons. The molecule has 6 nitrogen and oxygen atoms in total. The fourth-order valence-corrected chi connectivity index (χ4v) is 3.32. The summed E-state index contributed by atoms with van der Waals surface area (Å²) in [5, 5.41) is 7.01. The first-order valence-corrected chi connectivity index (χ1v) is 10.4. The van der Waals surface area contributed by atoms with Gasteiger partial charge in [-0.15, -0.1) is 0 Å². The first-order chi connectivity index (χ1) is 12.3. The third-order valence-corrected chi connectivity index (χ3v) is 5.37. The molecule has 0 atom stereocenters. The number of aromatic nitrogens is 2. The number of rotatable bonds is 5. The summed E-state index contributed by atoms with van der Waals surface area (Å²) in [5.74, 6) is 0.135. The van der Waals surface area contributed by atoms with E-state index in [0.29, 0.717) is 12.4 Å². The second kappa shape index (κ2) is 7.43. The molecular formula is C18H16BrN3O3S. The summed E-state index contributed by atoms with van der Waals surface area (Å²) in [6, 6.07) is 15.4. The number of anilines is 1. The van der Waals surface area contributed by atoms with Crippen molar-refractivity contribution in [1.29, 1.82) is 0 Å². The second-order valence-corrected chi connectivity index (χ2v) is 8.69. The highest BCUT2D eigenvalue weighted by Gasteiger charge is 2.13. The van der Waals surface area contributed by atoms with Gasteiger partial charge in [-0.1, -0.05) is 34.1 Å². The fourth-order valence-electron chi connectivity index (χ4n) is 2.38. The maximum absolute atomic E-state index is 12.5. The lowest BCUT2D eigenvalue weighted by atomic mass is 10.2. The minimum Gasteiger partial charge on any atom is -0.307 e. The van der Waals surface area contributed by atoms with Crippen molar-refractivity contribution in [1.82, 2.24) is 9.78 Å². The van der Waals surface area contributed by atoms with Gasteiger partial charge >= 0.3 is 0 Å². The summed E-state index contributed by atoms with van der Waals surface area (Å²) in [6.45, 7) is 0.499. The number of benzene rings is 2. The van der Waals surface area contributed by atoms with Crippen LogP contribution in [-0.4, -0.2) is 30.4 Å². The summed E-state index contributed by atoms with van der Waals surface area (Å²) < 4.78 is 26.0. The predicted molar refractivity (Wildman–Crippen MR) is 103 cm³/mol. The van der Waals surface area contributed by atoms with Gasteiger partial charge in [0.05, 0.1) is 17.6 Å². The van der Waals surface area contributed by atoms with Crippen LogP contribution in [0.25, 0.3) is 0 Å². The standard InChI is InChI=1S/C18H16BrN3O3S/c1-26(24,25)16-4-2-3-14(11-16)18(23)21-17-9-10-20-22(17)12-13-5-7-15(19)8-6-13/h2-11H,12H2,1H3,(H,21,23). The Labute approximate surface area is 159 Å². The van der Waals surface area contributed by atoms with E-state index in [9.17, 15) is 13.2 Å². The Morgan fingerprint density at radius 2 is 1.88 bits per heavy atom. The summed E-state index contributed by atoms with van der Waals surface area (Å²) in [4.78, 5) is 12.6. The summed E-state index contributed by atoms with van der Waals surface area (Å²) >= 11 is 3.39. The van der Waals surface area contributed by atoms with Crippen molar-refractivity contribution in [3.8, 4) is 0 Å². The highest BCUT2D eigenvalue weighted by molar-refractivity contribution is 9.10. The highest BCUT2D eigenvalue weighted by atomic mass is 79.9. The molecule has 0 fully saturated rings. The van der Waals surface area contributed by atoms with Crippen molar-refractivity contribution < 1.29 is 13.2 Å². The number of hydrogen-bond acceptors (Lipinski definition) is 4. The average molecular weight is 434 g/mol. The van der Waals surface area contributed by atoms with Crippen molar-refractivity contribution in [3.63, 3.8) is 0 Å². The van der Waals surface area contributed by atoms with Crippen LogP contribution < -0.4 is 5.32 Å². The van der Waals surface area contributed by atoms with E-state index in [0.717, 1.165) is 16.3 Å². The van der Waals surface area contributed by atoms with E-state index in [1.807, 2.05) is 24.3 Å².